The maximum Gasteiger partial charge on any atom is 0.0175 e. The first kappa shape index (κ1) is 8.06. The molecule has 0 N–H and O–H groups in total. The summed E-state index contributed by atoms with van der Waals surface area (Å²) < 4.78 is 1.15. The molecule has 0 saturated heterocycles. The number of hydrogen-bond acceptors (Lipinski definition) is 0. The Morgan fingerprint density at radius 2 is 2.00 bits per heavy atom. The lowest BCUT2D eigenvalue weighted by Crippen LogP contribution is -1.79. The Balaban J connectivity index is 2.15. The fraction of sp³-hybridized carbons (Fsp3) is 0.273. The van der Waals surface area contributed by atoms with E-state index in [0.29, 0.717) is 0 Å². The van der Waals surface area contributed by atoms with Gasteiger partial charge < -0.3 is 0 Å². The fourth-order valence-corrected chi connectivity index (χ4v) is 1.83. The first-order chi connectivity index (χ1) is 5.81. The summed E-state index contributed by atoms with van der Waals surface area (Å²) in [5.41, 5.74) is 1.45. The SMILES string of the molecule is C=CC1CC1c1ccc(Br)cc1. The van der Waals surface area contributed by atoms with E-state index in [9.17, 15) is 0 Å². The molecule has 0 aliphatic heterocycles. The summed E-state index contributed by atoms with van der Waals surface area (Å²) in [7, 11) is 0. The predicted molar refractivity (Wildman–Crippen MR) is 55.2 cm³/mol. The normalized spacial score (nSPS) is 26.8. The molecule has 2 rings (SSSR count). The lowest BCUT2D eigenvalue weighted by atomic mass is 10.1. The monoisotopic (exact) mass is 222 g/mol. The zero-order valence-electron chi connectivity index (χ0n) is 6.83. The number of hydrogen-bond donors (Lipinski definition) is 0. The molecular weight excluding hydrogens is 212 g/mol. The molecule has 0 aromatic heterocycles. The van der Waals surface area contributed by atoms with Crippen molar-refractivity contribution in [3.8, 4) is 0 Å². The highest BCUT2D eigenvalue weighted by atomic mass is 79.9. The van der Waals surface area contributed by atoms with Crippen LogP contribution in [0.1, 0.15) is 17.9 Å². The van der Waals surface area contributed by atoms with Gasteiger partial charge in [-0.15, -0.1) is 6.58 Å². The third-order valence-electron chi connectivity index (χ3n) is 2.44. The quantitative estimate of drug-likeness (QED) is 0.670. The van der Waals surface area contributed by atoms with Crippen LogP contribution in [-0.4, -0.2) is 0 Å². The smallest absolute Gasteiger partial charge is 0.0175 e. The third-order valence-corrected chi connectivity index (χ3v) is 2.97. The average molecular weight is 223 g/mol. The molecule has 0 bridgehead atoms. The van der Waals surface area contributed by atoms with Gasteiger partial charge in [0, 0.05) is 4.47 Å². The van der Waals surface area contributed by atoms with Gasteiger partial charge >= 0.3 is 0 Å². The maximum atomic E-state index is 3.81. The van der Waals surface area contributed by atoms with E-state index in [2.05, 4.69) is 52.9 Å². The van der Waals surface area contributed by atoms with Gasteiger partial charge in [0.2, 0.25) is 0 Å². The lowest BCUT2D eigenvalue weighted by Gasteiger charge is -1.97. The molecule has 2 unspecified atom stereocenters. The van der Waals surface area contributed by atoms with E-state index < -0.39 is 0 Å². The standard InChI is InChI=1S/C11H11Br/c1-2-8-7-11(8)9-3-5-10(12)6-4-9/h2-6,8,11H,1,7H2. The highest BCUT2D eigenvalue weighted by Crippen LogP contribution is 2.48. The molecule has 1 aliphatic rings. The number of rotatable bonds is 2. The van der Waals surface area contributed by atoms with E-state index in [-0.39, 0.29) is 0 Å². The van der Waals surface area contributed by atoms with Gasteiger partial charge in [0.25, 0.3) is 0 Å². The first-order valence-electron chi connectivity index (χ1n) is 4.19. The summed E-state index contributed by atoms with van der Waals surface area (Å²) in [6.07, 6.45) is 3.35. The Hall–Kier alpha value is -0.560. The predicted octanol–water partition coefficient (Wildman–Crippen LogP) is 3.74. The van der Waals surface area contributed by atoms with Crippen LogP contribution < -0.4 is 0 Å². The van der Waals surface area contributed by atoms with Gasteiger partial charge in [0.1, 0.15) is 0 Å². The number of allylic oxidation sites excluding steroid dienone is 1. The van der Waals surface area contributed by atoms with Crippen LogP contribution in [0.2, 0.25) is 0 Å². The van der Waals surface area contributed by atoms with Gasteiger partial charge in [0.15, 0.2) is 0 Å². The first-order valence-corrected chi connectivity index (χ1v) is 4.98. The molecule has 2 atom stereocenters. The Morgan fingerprint density at radius 3 is 2.50 bits per heavy atom. The van der Waals surface area contributed by atoms with E-state index in [0.717, 1.165) is 16.3 Å². The molecule has 1 heteroatoms. The highest BCUT2D eigenvalue weighted by molar-refractivity contribution is 9.10. The third kappa shape index (κ3) is 1.46. The Kier molecular flexibility index (Phi) is 2.05. The Labute approximate surface area is 81.4 Å². The van der Waals surface area contributed by atoms with Crippen molar-refractivity contribution in [3.05, 3.63) is 47.0 Å². The topological polar surface area (TPSA) is 0 Å². The highest BCUT2D eigenvalue weighted by Gasteiger charge is 2.35. The maximum absolute atomic E-state index is 3.81. The van der Waals surface area contributed by atoms with Crippen molar-refractivity contribution >= 4 is 15.9 Å². The van der Waals surface area contributed by atoms with Gasteiger partial charge in [-0.3, -0.25) is 0 Å². The largest absolute Gasteiger partial charge is 0.103 e. The molecule has 0 amide bonds. The number of halogens is 1. The van der Waals surface area contributed by atoms with E-state index in [4.69, 9.17) is 0 Å². The summed E-state index contributed by atoms with van der Waals surface area (Å²) in [6, 6.07) is 8.60. The van der Waals surface area contributed by atoms with Crippen molar-refractivity contribution in [2.75, 3.05) is 0 Å². The van der Waals surface area contributed by atoms with E-state index in [1.165, 1.54) is 12.0 Å². The van der Waals surface area contributed by atoms with Crippen LogP contribution in [0.25, 0.3) is 0 Å². The Morgan fingerprint density at radius 1 is 1.33 bits per heavy atom. The van der Waals surface area contributed by atoms with E-state index >= 15 is 0 Å². The second-order valence-electron chi connectivity index (χ2n) is 3.29. The summed E-state index contributed by atoms with van der Waals surface area (Å²) in [5.74, 6) is 1.47. The van der Waals surface area contributed by atoms with E-state index in [1.54, 1.807) is 0 Å². The fourth-order valence-electron chi connectivity index (χ4n) is 1.57. The summed E-state index contributed by atoms with van der Waals surface area (Å²) >= 11 is 3.43. The van der Waals surface area contributed by atoms with Crippen molar-refractivity contribution in [2.45, 2.75) is 12.3 Å². The van der Waals surface area contributed by atoms with Crippen molar-refractivity contribution in [2.24, 2.45) is 5.92 Å². The molecule has 0 heterocycles. The number of benzene rings is 1. The van der Waals surface area contributed by atoms with Crippen molar-refractivity contribution in [1.29, 1.82) is 0 Å². The van der Waals surface area contributed by atoms with Crippen LogP contribution in [0.5, 0.6) is 0 Å². The zero-order chi connectivity index (χ0) is 8.55. The Bertz CT molecular complexity index is 286. The summed E-state index contributed by atoms with van der Waals surface area (Å²) in [5, 5.41) is 0. The van der Waals surface area contributed by atoms with Crippen LogP contribution in [-0.2, 0) is 0 Å². The molecule has 0 spiro atoms. The molecule has 1 saturated carbocycles. The van der Waals surface area contributed by atoms with Gasteiger partial charge in [-0.1, -0.05) is 34.1 Å². The van der Waals surface area contributed by atoms with Crippen LogP contribution >= 0.6 is 15.9 Å². The van der Waals surface area contributed by atoms with Crippen LogP contribution in [0, 0.1) is 5.92 Å². The minimum Gasteiger partial charge on any atom is -0.103 e. The van der Waals surface area contributed by atoms with Gasteiger partial charge in [-0.2, -0.15) is 0 Å². The summed E-state index contributed by atoms with van der Waals surface area (Å²) in [4.78, 5) is 0. The van der Waals surface area contributed by atoms with Gasteiger partial charge in [0.05, 0.1) is 0 Å². The van der Waals surface area contributed by atoms with Crippen LogP contribution in [0.3, 0.4) is 0 Å². The molecule has 1 aromatic carbocycles. The molecule has 1 fully saturated rings. The molecule has 0 nitrogen and oxygen atoms in total. The lowest BCUT2D eigenvalue weighted by molar-refractivity contribution is 1.01. The molecular formula is C11H11Br. The second kappa shape index (κ2) is 3.06. The van der Waals surface area contributed by atoms with Gasteiger partial charge in [-0.05, 0) is 36.0 Å². The molecule has 0 radical (unpaired) electrons. The van der Waals surface area contributed by atoms with Crippen molar-refractivity contribution < 1.29 is 0 Å². The minimum atomic E-state index is 0.728. The molecule has 1 aliphatic carbocycles. The summed E-state index contributed by atoms with van der Waals surface area (Å²) in [6.45, 7) is 3.81. The average Bonchev–Trinajstić information content (AvgIpc) is 2.85. The van der Waals surface area contributed by atoms with E-state index in [1.807, 2.05) is 0 Å². The zero-order valence-corrected chi connectivity index (χ0v) is 8.42. The van der Waals surface area contributed by atoms with Gasteiger partial charge in [-0.25, -0.2) is 0 Å². The van der Waals surface area contributed by atoms with Crippen LogP contribution in [0.15, 0.2) is 41.4 Å². The van der Waals surface area contributed by atoms with Crippen molar-refractivity contribution in [3.63, 3.8) is 0 Å². The molecule has 62 valence electrons. The minimum absolute atomic E-state index is 0.728. The second-order valence-corrected chi connectivity index (χ2v) is 4.21. The molecule has 1 aromatic rings. The van der Waals surface area contributed by atoms with Crippen molar-refractivity contribution in [1.82, 2.24) is 0 Å². The molecule has 12 heavy (non-hydrogen) atoms. The van der Waals surface area contributed by atoms with Crippen LogP contribution in [0.4, 0.5) is 0 Å².